The fourth-order valence-corrected chi connectivity index (χ4v) is 3.26. The molecule has 0 spiro atoms. The van der Waals surface area contributed by atoms with E-state index in [0.717, 1.165) is 24.2 Å². The second-order valence-corrected chi connectivity index (χ2v) is 7.52. The highest BCUT2D eigenvalue weighted by molar-refractivity contribution is 7.90. The van der Waals surface area contributed by atoms with Gasteiger partial charge < -0.3 is 5.11 Å². The SMILES string of the molecule is CS(=O)(=O)CCCN1CCc2c(cccc2C(=O)O)C1. The zero-order valence-corrected chi connectivity index (χ0v) is 12.3. The molecule has 1 aromatic rings. The Balaban J connectivity index is 2.01. The van der Waals surface area contributed by atoms with Crippen molar-refractivity contribution in [1.29, 1.82) is 0 Å². The molecule has 20 heavy (non-hydrogen) atoms. The standard InChI is InChI=1S/C14H19NO4S/c1-20(18,19)9-3-7-15-8-6-12-11(10-15)4-2-5-13(12)14(16)17/h2,4-5H,3,6-10H2,1H3,(H,16,17). The van der Waals surface area contributed by atoms with Crippen LogP contribution >= 0.6 is 0 Å². The summed E-state index contributed by atoms with van der Waals surface area (Å²) in [7, 11) is -2.91. The largest absolute Gasteiger partial charge is 0.478 e. The number of nitrogens with zero attached hydrogens (tertiary/aromatic N) is 1. The fraction of sp³-hybridized carbons (Fsp3) is 0.500. The van der Waals surface area contributed by atoms with Gasteiger partial charge in [-0.05, 0) is 36.6 Å². The van der Waals surface area contributed by atoms with Gasteiger partial charge in [-0.3, -0.25) is 4.90 Å². The predicted molar refractivity (Wildman–Crippen MR) is 76.7 cm³/mol. The Morgan fingerprint density at radius 3 is 2.80 bits per heavy atom. The van der Waals surface area contributed by atoms with Crippen LogP contribution in [0.5, 0.6) is 0 Å². The van der Waals surface area contributed by atoms with Gasteiger partial charge in [0.05, 0.1) is 11.3 Å². The Morgan fingerprint density at radius 1 is 1.40 bits per heavy atom. The predicted octanol–water partition coefficient (Wildman–Crippen LogP) is 1.18. The molecule has 110 valence electrons. The number of hydrogen-bond acceptors (Lipinski definition) is 4. The van der Waals surface area contributed by atoms with Gasteiger partial charge in [0, 0.05) is 19.3 Å². The average Bonchev–Trinajstić information content (AvgIpc) is 2.36. The van der Waals surface area contributed by atoms with Gasteiger partial charge in [-0.15, -0.1) is 0 Å². The maximum absolute atomic E-state index is 11.2. The lowest BCUT2D eigenvalue weighted by Gasteiger charge is -2.29. The highest BCUT2D eigenvalue weighted by Gasteiger charge is 2.21. The number of hydrogen-bond donors (Lipinski definition) is 1. The molecule has 0 saturated heterocycles. The molecule has 0 unspecified atom stereocenters. The van der Waals surface area contributed by atoms with Crippen LogP contribution in [0.3, 0.4) is 0 Å². The van der Waals surface area contributed by atoms with E-state index in [4.69, 9.17) is 5.11 Å². The molecule has 1 heterocycles. The van der Waals surface area contributed by atoms with Crippen molar-refractivity contribution < 1.29 is 18.3 Å². The lowest BCUT2D eigenvalue weighted by molar-refractivity contribution is 0.0694. The van der Waals surface area contributed by atoms with Crippen LogP contribution < -0.4 is 0 Å². The summed E-state index contributed by atoms with van der Waals surface area (Å²) in [6.07, 6.45) is 2.57. The highest BCUT2D eigenvalue weighted by atomic mass is 32.2. The molecule has 1 aliphatic rings. The highest BCUT2D eigenvalue weighted by Crippen LogP contribution is 2.22. The van der Waals surface area contributed by atoms with Gasteiger partial charge in [0.2, 0.25) is 0 Å². The molecule has 1 aromatic carbocycles. The Hall–Kier alpha value is -1.40. The molecule has 0 radical (unpaired) electrons. The average molecular weight is 297 g/mol. The number of benzene rings is 1. The Bertz CT molecular complexity index is 610. The van der Waals surface area contributed by atoms with Gasteiger partial charge in [-0.1, -0.05) is 12.1 Å². The first-order valence-electron chi connectivity index (χ1n) is 6.61. The summed E-state index contributed by atoms with van der Waals surface area (Å²) in [5.41, 5.74) is 2.34. The molecular weight excluding hydrogens is 278 g/mol. The van der Waals surface area contributed by atoms with E-state index < -0.39 is 15.8 Å². The first-order valence-corrected chi connectivity index (χ1v) is 8.67. The summed E-state index contributed by atoms with van der Waals surface area (Å²) in [4.78, 5) is 13.3. The molecule has 1 N–H and O–H groups in total. The van der Waals surface area contributed by atoms with E-state index in [2.05, 4.69) is 4.90 Å². The van der Waals surface area contributed by atoms with Crippen LogP contribution in [0.2, 0.25) is 0 Å². The third-order valence-corrected chi connectivity index (χ3v) is 4.60. The van der Waals surface area contributed by atoms with E-state index >= 15 is 0 Å². The number of sulfone groups is 1. The van der Waals surface area contributed by atoms with Gasteiger partial charge in [0.1, 0.15) is 9.84 Å². The minimum absolute atomic E-state index is 0.200. The van der Waals surface area contributed by atoms with Crippen LogP contribution in [0.1, 0.15) is 27.9 Å². The zero-order valence-electron chi connectivity index (χ0n) is 11.5. The Kier molecular flexibility index (Phi) is 4.45. The van der Waals surface area contributed by atoms with E-state index in [1.807, 2.05) is 6.07 Å². The zero-order chi connectivity index (χ0) is 14.8. The van der Waals surface area contributed by atoms with Crippen molar-refractivity contribution in [2.45, 2.75) is 19.4 Å². The topological polar surface area (TPSA) is 74.7 Å². The fourth-order valence-electron chi connectivity index (χ4n) is 2.61. The Labute approximate surface area is 119 Å². The summed E-state index contributed by atoms with van der Waals surface area (Å²) in [6, 6.07) is 5.35. The maximum atomic E-state index is 11.2. The number of fused-ring (bicyclic) bond motifs is 1. The Morgan fingerprint density at radius 2 is 2.15 bits per heavy atom. The van der Waals surface area contributed by atoms with Gasteiger partial charge >= 0.3 is 5.97 Å². The molecule has 1 aliphatic heterocycles. The van der Waals surface area contributed by atoms with Crippen molar-refractivity contribution >= 4 is 15.8 Å². The molecule has 0 aromatic heterocycles. The van der Waals surface area contributed by atoms with Crippen LogP contribution in [0, 0.1) is 0 Å². The van der Waals surface area contributed by atoms with Gasteiger partial charge in [-0.2, -0.15) is 0 Å². The van der Waals surface area contributed by atoms with Gasteiger partial charge in [0.25, 0.3) is 0 Å². The van der Waals surface area contributed by atoms with Crippen molar-refractivity contribution in [3.8, 4) is 0 Å². The lowest BCUT2D eigenvalue weighted by Crippen LogP contribution is -2.33. The smallest absolute Gasteiger partial charge is 0.335 e. The van der Waals surface area contributed by atoms with Crippen LogP contribution in [0.15, 0.2) is 18.2 Å². The summed E-state index contributed by atoms with van der Waals surface area (Å²) in [5.74, 6) is -0.682. The monoisotopic (exact) mass is 297 g/mol. The number of rotatable bonds is 5. The summed E-state index contributed by atoms with van der Waals surface area (Å²) < 4.78 is 22.2. The summed E-state index contributed by atoms with van der Waals surface area (Å²) in [5, 5.41) is 9.16. The van der Waals surface area contributed by atoms with Crippen molar-refractivity contribution in [2.75, 3.05) is 25.1 Å². The van der Waals surface area contributed by atoms with Gasteiger partial charge in [-0.25, -0.2) is 13.2 Å². The second-order valence-electron chi connectivity index (χ2n) is 5.26. The third-order valence-electron chi connectivity index (χ3n) is 3.56. The van der Waals surface area contributed by atoms with E-state index in [1.54, 1.807) is 12.1 Å². The first kappa shape index (κ1) is 15.0. The van der Waals surface area contributed by atoms with E-state index in [0.29, 0.717) is 24.9 Å². The number of aromatic carboxylic acids is 1. The molecule has 6 heteroatoms. The van der Waals surface area contributed by atoms with Crippen molar-refractivity contribution in [1.82, 2.24) is 4.90 Å². The van der Waals surface area contributed by atoms with Crippen LogP contribution in [0.25, 0.3) is 0 Å². The first-order chi connectivity index (χ1) is 9.37. The summed E-state index contributed by atoms with van der Waals surface area (Å²) >= 11 is 0. The normalized spacial score (nSPS) is 15.8. The van der Waals surface area contributed by atoms with E-state index in [1.165, 1.54) is 6.26 Å². The van der Waals surface area contributed by atoms with Crippen molar-refractivity contribution in [3.63, 3.8) is 0 Å². The van der Waals surface area contributed by atoms with E-state index in [9.17, 15) is 13.2 Å². The quantitative estimate of drug-likeness (QED) is 0.883. The molecule has 2 rings (SSSR count). The number of carboxylic acid groups (broad SMARTS) is 1. The second kappa shape index (κ2) is 5.93. The van der Waals surface area contributed by atoms with E-state index in [-0.39, 0.29) is 5.75 Å². The number of carbonyl (C=O) groups is 1. The molecule has 0 saturated carbocycles. The minimum atomic E-state index is -2.91. The molecule has 0 bridgehead atoms. The summed E-state index contributed by atoms with van der Waals surface area (Å²) in [6.45, 7) is 2.20. The number of carboxylic acids is 1. The van der Waals surface area contributed by atoms with Gasteiger partial charge in [0.15, 0.2) is 0 Å². The third kappa shape index (κ3) is 3.80. The van der Waals surface area contributed by atoms with Crippen molar-refractivity contribution in [2.24, 2.45) is 0 Å². The van der Waals surface area contributed by atoms with Crippen LogP contribution in [-0.2, 0) is 22.8 Å². The van der Waals surface area contributed by atoms with Crippen LogP contribution in [-0.4, -0.2) is 49.5 Å². The minimum Gasteiger partial charge on any atom is -0.478 e. The molecule has 0 amide bonds. The lowest BCUT2D eigenvalue weighted by atomic mass is 9.94. The molecule has 0 fully saturated rings. The molecule has 0 aliphatic carbocycles. The molecule has 0 atom stereocenters. The van der Waals surface area contributed by atoms with Crippen LogP contribution in [0.4, 0.5) is 0 Å². The molecular formula is C14H19NO4S. The molecule has 5 nitrogen and oxygen atoms in total. The van der Waals surface area contributed by atoms with Crippen molar-refractivity contribution in [3.05, 3.63) is 34.9 Å². The maximum Gasteiger partial charge on any atom is 0.335 e.